The van der Waals surface area contributed by atoms with Crippen LogP contribution in [0.4, 0.5) is 16.0 Å². The third-order valence-corrected chi connectivity index (χ3v) is 5.77. The second kappa shape index (κ2) is 7.17. The third kappa shape index (κ3) is 3.97. The summed E-state index contributed by atoms with van der Waals surface area (Å²) in [5.74, 6) is -0.0258. The molecular formula is C23H26FN3O2. The molecule has 1 saturated carbocycles. The molecule has 1 fully saturated rings. The zero-order chi connectivity index (χ0) is 20.8. The Morgan fingerprint density at radius 2 is 1.93 bits per heavy atom. The van der Waals surface area contributed by atoms with Gasteiger partial charge in [0.2, 0.25) is 5.95 Å². The zero-order valence-corrected chi connectivity index (χ0v) is 16.9. The number of nitrogens with zero attached hydrogens (tertiary/aromatic N) is 2. The molecule has 0 aliphatic heterocycles. The lowest BCUT2D eigenvalue weighted by atomic mass is 9.70. The van der Waals surface area contributed by atoms with Gasteiger partial charge in [0.25, 0.3) is 0 Å². The van der Waals surface area contributed by atoms with Crippen LogP contribution in [0.25, 0.3) is 11.0 Å². The Morgan fingerprint density at radius 3 is 2.59 bits per heavy atom. The van der Waals surface area contributed by atoms with Crippen LogP contribution in [-0.4, -0.2) is 20.6 Å². The molecule has 2 N–H and O–H groups in total. The van der Waals surface area contributed by atoms with Crippen LogP contribution in [0.1, 0.15) is 56.4 Å². The summed E-state index contributed by atoms with van der Waals surface area (Å²) in [6.07, 6.45) is 3.23. The topological polar surface area (TPSA) is 67.2 Å². The van der Waals surface area contributed by atoms with Crippen molar-refractivity contribution in [1.29, 1.82) is 0 Å². The van der Waals surface area contributed by atoms with Gasteiger partial charge in [-0.2, -0.15) is 0 Å². The number of aromatic carboxylic acids is 1. The lowest BCUT2D eigenvalue weighted by Crippen LogP contribution is -2.29. The smallest absolute Gasteiger partial charge is 0.335 e. The molecule has 6 heteroatoms. The van der Waals surface area contributed by atoms with Gasteiger partial charge < -0.3 is 15.0 Å². The van der Waals surface area contributed by atoms with Gasteiger partial charge in [-0.3, -0.25) is 0 Å². The van der Waals surface area contributed by atoms with Crippen LogP contribution in [0.15, 0.2) is 42.5 Å². The average Bonchev–Trinajstić information content (AvgIpc) is 2.98. The first kappa shape index (κ1) is 19.4. The van der Waals surface area contributed by atoms with Crippen molar-refractivity contribution >= 4 is 28.6 Å². The Hall–Kier alpha value is -2.89. The largest absolute Gasteiger partial charge is 0.478 e. The molecule has 1 unspecified atom stereocenters. The quantitative estimate of drug-likeness (QED) is 0.568. The first-order valence-electron chi connectivity index (χ1n) is 10.00. The summed E-state index contributed by atoms with van der Waals surface area (Å²) >= 11 is 0. The highest BCUT2D eigenvalue weighted by Crippen LogP contribution is 2.46. The number of rotatable bonds is 4. The minimum absolute atomic E-state index is 0.215. The van der Waals surface area contributed by atoms with Crippen molar-refractivity contribution in [1.82, 2.24) is 9.55 Å². The monoisotopic (exact) mass is 395 g/mol. The van der Waals surface area contributed by atoms with Crippen molar-refractivity contribution in [3.8, 4) is 0 Å². The van der Waals surface area contributed by atoms with Crippen LogP contribution in [0.3, 0.4) is 0 Å². The van der Waals surface area contributed by atoms with Crippen molar-refractivity contribution in [2.75, 3.05) is 5.32 Å². The fraction of sp³-hybridized carbons (Fsp3) is 0.391. The summed E-state index contributed by atoms with van der Waals surface area (Å²) in [6.45, 7) is 6.87. The maximum atomic E-state index is 13.3. The van der Waals surface area contributed by atoms with E-state index in [0.717, 1.165) is 24.0 Å². The van der Waals surface area contributed by atoms with Crippen LogP contribution in [0.2, 0.25) is 0 Å². The molecule has 0 bridgehead atoms. The molecule has 5 nitrogen and oxygen atoms in total. The van der Waals surface area contributed by atoms with E-state index in [-0.39, 0.29) is 22.8 Å². The number of hydrogen-bond acceptors (Lipinski definition) is 3. The van der Waals surface area contributed by atoms with Gasteiger partial charge in [-0.25, -0.2) is 14.2 Å². The van der Waals surface area contributed by atoms with Crippen molar-refractivity contribution < 1.29 is 14.3 Å². The minimum Gasteiger partial charge on any atom is -0.478 e. The molecule has 1 heterocycles. The molecule has 0 amide bonds. The number of carbonyl (C=O) groups is 1. The molecule has 1 aromatic heterocycles. The van der Waals surface area contributed by atoms with Gasteiger partial charge in [-0.1, -0.05) is 20.8 Å². The number of hydrogen-bond donors (Lipinski definition) is 2. The van der Waals surface area contributed by atoms with E-state index in [0.29, 0.717) is 17.4 Å². The molecule has 2 aromatic carbocycles. The molecule has 1 aliphatic carbocycles. The van der Waals surface area contributed by atoms with Gasteiger partial charge in [0.05, 0.1) is 16.6 Å². The highest BCUT2D eigenvalue weighted by Gasteiger charge is 2.34. The maximum absolute atomic E-state index is 13.3. The van der Waals surface area contributed by atoms with Crippen molar-refractivity contribution in [3.05, 3.63) is 53.8 Å². The average molecular weight is 395 g/mol. The summed E-state index contributed by atoms with van der Waals surface area (Å²) in [4.78, 5) is 16.1. The lowest BCUT2D eigenvalue weighted by molar-refractivity contribution is 0.0697. The lowest BCUT2D eigenvalue weighted by Gasteiger charge is -2.40. The number of carboxylic acid groups (broad SMARTS) is 1. The Bertz CT molecular complexity index is 1060. The third-order valence-electron chi connectivity index (χ3n) is 5.77. The highest BCUT2D eigenvalue weighted by molar-refractivity contribution is 5.93. The molecule has 3 aromatic rings. The number of fused-ring (bicyclic) bond motifs is 1. The molecule has 2 atom stereocenters. The number of aromatic nitrogens is 2. The Labute approximate surface area is 169 Å². The second-order valence-corrected chi connectivity index (χ2v) is 9.01. The van der Waals surface area contributed by atoms with Gasteiger partial charge >= 0.3 is 5.97 Å². The van der Waals surface area contributed by atoms with Gasteiger partial charge in [-0.15, -0.1) is 0 Å². The molecular weight excluding hydrogens is 369 g/mol. The van der Waals surface area contributed by atoms with Crippen molar-refractivity contribution in [2.45, 2.75) is 46.1 Å². The fourth-order valence-corrected chi connectivity index (χ4v) is 4.84. The van der Waals surface area contributed by atoms with Crippen LogP contribution in [-0.2, 0) is 0 Å². The molecule has 4 rings (SSSR count). The Balaban J connectivity index is 1.82. The van der Waals surface area contributed by atoms with Gasteiger partial charge in [0.1, 0.15) is 5.82 Å². The Kier molecular flexibility index (Phi) is 4.81. The summed E-state index contributed by atoms with van der Waals surface area (Å²) in [5, 5.41) is 12.7. The van der Waals surface area contributed by atoms with Crippen molar-refractivity contribution in [3.63, 3.8) is 0 Å². The number of imidazole rings is 1. The predicted molar refractivity (Wildman–Crippen MR) is 112 cm³/mol. The standard InChI is InChI=1S/C23H26FN3O2/c1-14-10-18(13-23(2,3)12-14)27-20-9-4-15(21(28)29)11-19(20)26-22(27)25-17-7-5-16(24)6-8-17/h4-9,11,14,18H,10,12-13H2,1-3H3,(H,25,26)(H,28,29)/t14-,18?/m0/s1. The van der Waals surface area contributed by atoms with E-state index in [9.17, 15) is 14.3 Å². The van der Waals surface area contributed by atoms with E-state index < -0.39 is 5.97 Å². The van der Waals surface area contributed by atoms with Crippen LogP contribution >= 0.6 is 0 Å². The SMILES string of the molecule is C[C@H]1CC(n2c(Nc3ccc(F)cc3)nc3cc(C(=O)O)ccc32)CC(C)(C)C1. The number of nitrogens with one attached hydrogen (secondary N) is 1. The summed E-state index contributed by atoms with van der Waals surface area (Å²) < 4.78 is 15.5. The summed E-state index contributed by atoms with van der Waals surface area (Å²) in [6, 6.07) is 11.5. The van der Waals surface area contributed by atoms with Crippen LogP contribution in [0.5, 0.6) is 0 Å². The van der Waals surface area contributed by atoms with E-state index in [4.69, 9.17) is 4.98 Å². The molecule has 1 aliphatic rings. The van der Waals surface area contributed by atoms with Gasteiger partial charge in [0, 0.05) is 11.7 Å². The van der Waals surface area contributed by atoms with E-state index >= 15 is 0 Å². The fourth-order valence-electron chi connectivity index (χ4n) is 4.84. The first-order valence-corrected chi connectivity index (χ1v) is 10.00. The van der Waals surface area contributed by atoms with Crippen LogP contribution in [0, 0.1) is 17.2 Å². The van der Waals surface area contributed by atoms with Crippen molar-refractivity contribution in [2.24, 2.45) is 11.3 Å². The first-order chi connectivity index (χ1) is 13.7. The summed E-state index contributed by atoms with van der Waals surface area (Å²) in [5.41, 5.74) is 2.73. The molecule has 0 radical (unpaired) electrons. The van der Waals surface area contributed by atoms with Gasteiger partial charge in [0.15, 0.2) is 0 Å². The van der Waals surface area contributed by atoms with Crippen LogP contribution < -0.4 is 5.32 Å². The molecule has 152 valence electrons. The zero-order valence-electron chi connectivity index (χ0n) is 16.9. The normalized spacial score (nSPS) is 21.2. The minimum atomic E-state index is -0.970. The van der Waals surface area contributed by atoms with E-state index in [1.807, 2.05) is 6.07 Å². The number of carboxylic acids is 1. The number of halogens is 1. The predicted octanol–water partition coefficient (Wildman–Crippen LogP) is 6.00. The number of benzene rings is 2. The number of anilines is 2. The second-order valence-electron chi connectivity index (χ2n) is 9.01. The molecule has 29 heavy (non-hydrogen) atoms. The van der Waals surface area contributed by atoms with E-state index in [1.54, 1.807) is 24.3 Å². The summed E-state index contributed by atoms with van der Waals surface area (Å²) in [7, 11) is 0. The Morgan fingerprint density at radius 1 is 1.21 bits per heavy atom. The molecule has 0 spiro atoms. The van der Waals surface area contributed by atoms with Gasteiger partial charge in [-0.05, 0) is 73.1 Å². The highest BCUT2D eigenvalue weighted by atomic mass is 19.1. The molecule has 0 saturated heterocycles. The maximum Gasteiger partial charge on any atom is 0.335 e. The van der Waals surface area contributed by atoms with E-state index in [2.05, 4.69) is 30.7 Å². The van der Waals surface area contributed by atoms with E-state index in [1.165, 1.54) is 18.6 Å².